The summed E-state index contributed by atoms with van der Waals surface area (Å²) < 4.78 is 24.3. The first kappa shape index (κ1) is 15.1. The van der Waals surface area contributed by atoms with Gasteiger partial charge in [0, 0.05) is 30.0 Å². The maximum atomic E-state index is 12.5. The lowest BCUT2D eigenvalue weighted by atomic mass is 10.2. The molecule has 1 atom stereocenters. The van der Waals surface area contributed by atoms with E-state index < -0.39 is 15.2 Å². The van der Waals surface area contributed by atoms with Crippen LogP contribution in [0.4, 0.5) is 5.69 Å². The predicted molar refractivity (Wildman–Crippen MR) is 80.3 cm³/mol. The first-order valence-electron chi connectivity index (χ1n) is 6.27. The molecule has 1 unspecified atom stereocenters. The molecule has 1 amide bonds. The van der Waals surface area contributed by atoms with Crippen LogP contribution in [0.5, 0.6) is 0 Å². The average molecular weight is 315 g/mol. The van der Waals surface area contributed by atoms with Gasteiger partial charge in [-0.15, -0.1) is 0 Å². The van der Waals surface area contributed by atoms with Crippen molar-refractivity contribution in [1.29, 1.82) is 0 Å². The lowest BCUT2D eigenvalue weighted by Crippen LogP contribution is -2.50. The summed E-state index contributed by atoms with van der Waals surface area (Å²) in [6, 6.07) is 1.52. The number of nitrogens with zero attached hydrogens (tertiary/aromatic N) is 2. The van der Waals surface area contributed by atoms with Crippen LogP contribution in [-0.2, 0) is 9.84 Å². The molecule has 2 N–H and O–H groups in total. The van der Waals surface area contributed by atoms with Gasteiger partial charge in [-0.25, -0.2) is 8.42 Å². The fourth-order valence-corrected chi connectivity index (χ4v) is 5.03. The number of hydrogen-bond donors (Lipinski definition) is 1. The highest BCUT2D eigenvalue weighted by atomic mass is 32.2. The highest BCUT2D eigenvalue weighted by molar-refractivity contribution is 8.01. The van der Waals surface area contributed by atoms with E-state index in [0.717, 1.165) is 5.75 Å². The van der Waals surface area contributed by atoms with Crippen LogP contribution in [0.15, 0.2) is 18.5 Å². The molecule has 6 nitrogen and oxygen atoms in total. The molecule has 20 heavy (non-hydrogen) atoms. The van der Waals surface area contributed by atoms with E-state index in [4.69, 9.17) is 5.73 Å². The summed E-state index contributed by atoms with van der Waals surface area (Å²) in [5, 5.41) is -0.772. The standard InChI is InChI=1S/C12H17N3O3S2/c1-2-20(17,18)11-8-19-6-5-15(11)12(16)9-3-4-14-7-10(9)13/h3-4,7,11H,2,5-6,8,13H2,1H3. The van der Waals surface area contributed by atoms with Gasteiger partial charge in [0.15, 0.2) is 9.84 Å². The topological polar surface area (TPSA) is 93.4 Å². The van der Waals surface area contributed by atoms with Gasteiger partial charge < -0.3 is 10.6 Å². The third kappa shape index (κ3) is 2.90. The van der Waals surface area contributed by atoms with Crippen LogP contribution >= 0.6 is 11.8 Å². The minimum atomic E-state index is -3.31. The Hall–Kier alpha value is -1.28. The van der Waals surface area contributed by atoms with Crippen LogP contribution in [-0.4, -0.2) is 53.4 Å². The molecule has 8 heteroatoms. The van der Waals surface area contributed by atoms with Crippen molar-refractivity contribution >= 4 is 33.2 Å². The zero-order valence-corrected chi connectivity index (χ0v) is 12.8. The van der Waals surface area contributed by atoms with Crippen LogP contribution in [0.2, 0.25) is 0 Å². The van der Waals surface area contributed by atoms with Crippen LogP contribution < -0.4 is 5.73 Å². The minimum Gasteiger partial charge on any atom is -0.397 e. The third-order valence-electron chi connectivity index (χ3n) is 3.24. The highest BCUT2D eigenvalue weighted by Gasteiger charge is 2.36. The van der Waals surface area contributed by atoms with Gasteiger partial charge in [-0.1, -0.05) is 6.92 Å². The zero-order valence-electron chi connectivity index (χ0n) is 11.2. The van der Waals surface area contributed by atoms with Crippen LogP contribution in [0.1, 0.15) is 17.3 Å². The number of rotatable bonds is 3. The van der Waals surface area contributed by atoms with Crippen molar-refractivity contribution in [3.05, 3.63) is 24.0 Å². The van der Waals surface area contributed by atoms with Gasteiger partial charge in [-0.3, -0.25) is 9.78 Å². The van der Waals surface area contributed by atoms with E-state index in [1.807, 2.05) is 0 Å². The summed E-state index contributed by atoms with van der Waals surface area (Å²) in [4.78, 5) is 17.8. The number of hydrogen-bond acceptors (Lipinski definition) is 6. The number of nitrogens with two attached hydrogens (primary N) is 1. The predicted octanol–water partition coefficient (Wildman–Crippen LogP) is 0.614. The molecule has 2 rings (SSSR count). The van der Waals surface area contributed by atoms with Crippen LogP contribution in [0.3, 0.4) is 0 Å². The molecule has 0 spiro atoms. The quantitative estimate of drug-likeness (QED) is 0.878. The molecular formula is C12H17N3O3S2. The van der Waals surface area contributed by atoms with Crippen molar-refractivity contribution in [2.45, 2.75) is 12.3 Å². The van der Waals surface area contributed by atoms with E-state index in [1.165, 1.54) is 23.4 Å². The van der Waals surface area contributed by atoms with Crippen molar-refractivity contribution in [2.24, 2.45) is 0 Å². The molecule has 1 aliphatic rings. The Morgan fingerprint density at radius 2 is 2.35 bits per heavy atom. The fourth-order valence-electron chi connectivity index (χ4n) is 2.06. The van der Waals surface area contributed by atoms with Crippen LogP contribution in [0, 0.1) is 0 Å². The van der Waals surface area contributed by atoms with E-state index in [-0.39, 0.29) is 17.3 Å². The molecular weight excluding hydrogens is 298 g/mol. The highest BCUT2D eigenvalue weighted by Crippen LogP contribution is 2.24. The summed E-state index contributed by atoms with van der Waals surface area (Å²) >= 11 is 1.55. The number of amides is 1. The number of thioether (sulfide) groups is 1. The first-order valence-corrected chi connectivity index (χ1v) is 9.14. The largest absolute Gasteiger partial charge is 0.397 e. The van der Waals surface area contributed by atoms with Gasteiger partial charge in [0.2, 0.25) is 0 Å². The first-order chi connectivity index (χ1) is 9.47. The molecule has 0 saturated carbocycles. The minimum absolute atomic E-state index is 0.0217. The van der Waals surface area contributed by atoms with E-state index in [2.05, 4.69) is 4.98 Å². The molecule has 0 bridgehead atoms. The second kappa shape index (κ2) is 6.01. The van der Waals surface area contributed by atoms with E-state index in [1.54, 1.807) is 18.7 Å². The lowest BCUT2D eigenvalue weighted by molar-refractivity contribution is 0.0750. The Morgan fingerprint density at radius 1 is 1.60 bits per heavy atom. The van der Waals surface area contributed by atoms with E-state index >= 15 is 0 Å². The van der Waals surface area contributed by atoms with Crippen LogP contribution in [0.25, 0.3) is 0 Å². The molecule has 0 aliphatic carbocycles. The summed E-state index contributed by atoms with van der Waals surface area (Å²) in [6.07, 6.45) is 2.88. The number of pyridine rings is 1. The van der Waals surface area contributed by atoms with Gasteiger partial charge in [-0.05, 0) is 6.07 Å². The molecule has 1 aromatic heterocycles. The normalized spacial score (nSPS) is 19.9. The third-order valence-corrected chi connectivity index (χ3v) is 6.53. The molecule has 1 fully saturated rings. The summed E-state index contributed by atoms with van der Waals surface area (Å²) in [6.45, 7) is 2.01. The number of nitrogen functional groups attached to an aromatic ring is 1. The smallest absolute Gasteiger partial charge is 0.257 e. The summed E-state index contributed by atoms with van der Waals surface area (Å²) in [7, 11) is -3.31. The molecule has 110 valence electrons. The van der Waals surface area contributed by atoms with E-state index in [0.29, 0.717) is 17.9 Å². The second-order valence-electron chi connectivity index (χ2n) is 4.44. The second-order valence-corrected chi connectivity index (χ2v) is 8.04. The Kier molecular flexibility index (Phi) is 4.54. The maximum Gasteiger partial charge on any atom is 0.257 e. The van der Waals surface area contributed by atoms with Gasteiger partial charge in [0.25, 0.3) is 5.91 Å². The van der Waals surface area contributed by atoms with Crippen molar-refractivity contribution in [1.82, 2.24) is 9.88 Å². The fraction of sp³-hybridized carbons (Fsp3) is 0.500. The average Bonchev–Trinajstić information content (AvgIpc) is 2.47. The van der Waals surface area contributed by atoms with Gasteiger partial charge in [0.1, 0.15) is 5.37 Å². The molecule has 0 radical (unpaired) electrons. The van der Waals surface area contributed by atoms with Crippen molar-refractivity contribution in [3.63, 3.8) is 0 Å². The van der Waals surface area contributed by atoms with Gasteiger partial charge in [0.05, 0.1) is 17.4 Å². The Labute approximate surface area is 122 Å². The summed E-state index contributed by atoms with van der Waals surface area (Å²) in [5.41, 5.74) is 6.33. The molecule has 2 heterocycles. The van der Waals surface area contributed by atoms with Gasteiger partial charge in [-0.2, -0.15) is 11.8 Å². The number of aromatic nitrogens is 1. The molecule has 0 aromatic carbocycles. The number of sulfone groups is 1. The monoisotopic (exact) mass is 315 g/mol. The van der Waals surface area contributed by atoms with Crippen molar-refractivity contribution in [2.75, 3.05) is 29.5 Å². The van der Waals surface area contributed by atoms with Crippen molar-refractivity contribution in [3.8, 4) is 0 Å². The Morgan fingerprint density at radius 3 is 3.00 bits per heavy atom. The number of carbonyl (C=O) groups is 1. The zero-order chi connectivity index (χ0) is 14.8. The van der Waals surface area contributed by atoms with E-state index in [9.17, 15) is 13.2 Å². The number of carbonyl (C=O) groups excluding carboxylic acids is 1. The molecule has 1 aromatic rings. The number of anilines is 1. The molecule has 1 saturated heterocycles. The van der Waals surface area contributed by atoms with Crippen molar-refractivity contribution < 1.29 is 13.2 Å². The maximum absolute atomic E-state index is 12.5. The summed E-state index contributed by atoms with van der Waals surface area (Å²) in [5.74, 6) is 0.819. The Balaban J connectivity index is 2.34. The van der Waals surface area contributed by atoms with Gasteiger partial charge >= 0.3 is 0 Å². The molecule has 1 aliphatic heterocycles. The Bertz CT molecular complexity index is 604. The lowest BCUT2D eigenvalue weighted by Gasteiger charge is -2.34. The SMILES string of the molecule is CCS(=O)(=O)C1CSCCN1C(=O)c1ccncc1N.